The van der Waals surface area contributed by atoms with Crippen molar-refractivity contribution in [2.45, 2.75) is 18.9 Å². The molecule has 0 saturated carbocycles. The summed E-state index contributed by atoms with van der Waals surface area (Å²) in [5.41, 5.74) is 0.553. The molecule has 2 aliphatic heterocycles. The molecule has 126 valence electrons. The summed E-state index contributed by atoms with van der Waals surface area (Å²) in [6, 6.07) is 5.91. The fourth-order valence-corrected chi connectivity index (χ4v) is 4.02. The van der Waals surface area contributed by atoms with Crippen LogP contribution in [0.5, 0.6) is 0 Å². The van der Waals surface area contributed by atoms with E-state index >= 15 is 0 Å². The zero-order chi connectivity index (χ0) is 16.4. The van der Waals surface area contributed by atoms with Crippen LogP contribution in [-0.2, 0) is 4.74 Å². The normalized spacial score (nSPS) is 21.2. The summed E-state index contributed by atoms with van der Waals surface area (Å²) in [7, 11) is 0. The van der Waals surface area contributed by atoms with E-state index in [1.165, 1.54) is 11.3 Å². The third kappa shape index (κ3) is 3.14. The quantitative estimate of drug-likeness (QED) is 0.855. The molecule has 7 heteroatoms. The lowest BCUT2D eigenvalue weighted by molar-refractivity contribution is 0.0739. The van der Waals surface area contributed by atoms with Crippen molar-refractivity contribution in [3.05, 3.63) is 40.5 Å². The Morgan fingerprint density at radius 2 is 2.12 bits per heavy atom. The smallest absolute Gasteiger partial charge is 0.273 e. The Labute approximate surface area is 145 Å². The second-order valence-electron chi connectivity index (χ2n) is 6.04. The molecule has 2 aromatic heterocycles. The van der Waals surface area contributed by atoms with Crippen molar-refractivity contribution in [3.8, 4) is 0 Å². The number of thiazole rings is 1. The molecule has 0 bridgehead atoms. The standard InChI is InChI=1S/C17H20N4O2S/c22-17(13-12-24-16(19-13)14-4-3-11-23-14)21-9-7-20(8-10-21)15-5-1-2-6-18-15/h1-2,5-6,12,14H,3-4,7-11H2. The third-order valence-electron chi connectivity index (χ3n) is 4.49. The van der Waals surface area contributed by atoms with Crippen molar-refractivity contribution in [3.63, 3.8) is 0 Å². The van der Waals surface area contributed by atoms with Gasteiger partial charge in [-0.3, -0.25) is 4.79 Å². The molecule has 2 aromatic rings. The summed E-state index contributed by atoms with van der Waals surface area (Å²) < 4.78 is 5.65. The van der Waals surface area contributed by atoms with Crippen LogP contribution in [0.3, 0.4) is 0 Å². The summed E-state index contributed by atoms with van der Waals surface area (Å²) in [5, 5.41) is 2.80. The Balaban J connectivity index is 1.38. The maximum Gasteiger partial charge on any atom is 0.273 e. The molecule has 4 heterocycles. The van der Waals surface area contributed by atoms with Gasteiger partial charge in [0, 0.05) is 44.4 Å². The topological polar surface area (TPSA) is 58.6 Å². The Kier molecular flexibility index (Phi) is 4.44. The first-order chi connectivity index (χ1) is 11.8. The molecule has 24 heavy (non-hydrogen) atoms. The Morgan fingerprint density at radius 1 is 1.25 bits per heavy atom. The average molecular weight is 344 g/mol. The van der Waals surface area contributed by atoms with Crippen LogP contribution in [0.1, 0.15) is 34.4 Å². The van der Waals surface area contributed by atoms with Crippen molar-refractivity contribution < 1.29 is 9.53 Å². The Bertz CT molecular complexity index is 692. The number of pyridine rings is 1. The van der Waals surface area contributed by atoms with Crippen LogP contribution in [0.2, 0.25) is 0 Å². The molecule has 0 N–H and O–H groups in total. The van der Waals surface area contributed by atoms with Gasteiger partial charge < -0.3 is 14.5 Å². The van der Waals surface area contributed by atoms with Crippen molar-refractivity contribution in [2.24, 2.45) is 0 Å². The van der Waals surface area contributed by atoms with E-state index in [1.807, 2.05) is 28.5 Å². The van der Waals surface area contributed by atoms with E-state index in [1.54, 1.807) is 6.20 Å². The maximum atomic E-state index is 12.7. The molecule has 2 aliphatic rings. The Hall–Kier alpha value is -1.99. The first-order valence-corrected chi connectivity index (χ1v) is 9.21. The molecule has 4 rings (SSSR count). The van der Waals surface area contributed by atoms with Crippen molar-refractivity contribution in [1.29, 1.82) is 0 Å². The predicted octanol–water partition coefficient (Wildman–Crippen LogP) is 2.35. The molecular weight excluding hydrogens is 324 g/mol. The minimum absolute atomic E-state index is 0.0242. The highest BCUT2D eigenvalue weighted by Crippen LogP contribution is 2.30. The molecule has 0 spiro atoms. The molecule has 2 fully saturated rings. The van der Waals surface area contributed by atoms with Gasteiger partial charge >= 0.3 is 0 Å². The molecule has 1 unspecified atom stereocenters. The van der Waals surface area contributed by atoms with E-state index < -0.39 is 0 Å². The highest BCUT2D eigenvalue weighted by Gasteiger charge is 2.26. The van der Waals surface area contributed by atoms with Gasteiger partial charge in [-0.1, -0.05) is 6.07 Å². The molecule has 1 amide bonds. The number of piperazine rings is 1. The molecule has 0 radical (unpaired) electrons. The summed E-state index contributed by atoms with van der Waals surface area (Å²) in [4.78, 5) is 25.7. The number of aromatic nitrogens is 2. The van der Waals surface area contributed by atoms with Gasteiger partial charge in [0.05, 0.1) is 0 Å². The van der Waals surface area contributed by atoms with Gasteiger partial charge in [0.1, 0.15) is 22.6 Å². The number of amides is 1. The molecule has 1 atom stereocenters. The summed E-state index contributed by atoms with van der Waals surface area (Å²) in [6.07, 6.45) is 3.96. The van der Waals surface area contributed by atoms with Gasteiger partial charge in [0.25, 0.3) is 5.91 Å². The monoisotopic (exact) mass is 344 g/mol. The molecule has 0 aliphatic carbocycles. The van der Waals surface area contributed by atoms with E-state index in [4.69, 9.17) is 4.74 Å². The highest BCUT2D eigenvalue weighted by atomic mass is 32.1. The lowest BCUT2D eigenvalue weighted by atomic mass is 10.2. The van der Waals surface area contributed by atoms with E-state index in [0.29, 0.717) is 18.8 Å². The van der Waals surface area contributed by atoms with Gasteiger partial charge in [-0.05, 0) is 25.0 Å². The fraction of sp³-hybridized carbons (Fsp3) is 0.471. The number of anilines is 1. The highest BCUT2D eigenvalue weighted by molar-refractivity contribution is 7.09. The number of carbonyl (C=O) groups is 1. The first kappa shape index (κ1) is 15.5. The third-order valence-corrected chi connectivity index (χ3v) is 5.42. The number of hydrogen-bond acceptors (Lipinski definition) is 6. The van der Waals surface area contributed by atoms with Gasteiger partial charge in [-0.2, -0.15) is 0 Å². The average Bonchev–Trinajstić information content (AvgIpc) is 3.33. The van der Waals surface area contributed by atoms with E-state index in [2.05, 4.69) is 14.9 Å². The van der Waals surface area contributed by atoms with Crippen LogP contribution in [0, 0.1) is 0 Å². The first-order valence-electron chi connectivity index (χ1n) is 8.33. The Morgan fingerprint density at radius 3 is 2.83 bits per heavy atom. The van der Waals surface area contributed by atoms with Crippen LogP contribution in [0.15, 0.2) is 29.8 Å². The van der Waals surface area contributed by atoms with Gasteiger partial charge in [-0.25, -0.2) is 9.97 Å². The van der Waals surface area contributed by atoms with Gasteiger partial charge in [0.15, 0.2) is 0 Å². The summed E-state index contributed by atoms with van der Waals surface area (Å²) >= 11 is 1.53. The van der Waals surface area contributed by atoms with E-state index in [-0.39, 0.29) is 12.0 Å². The minimum atomic E-state index is 0.0242. The van der Waals surface area contributed by atoms with Crippen LogP contribution in [-0.4, -0.2) is 53.6 Å². The fourth-order valence-electron chi connectivity index (χ4n) is 3.15. The maximum absolute atomic E-state index is 12.7. The number of rotatable bonds is 3. The number of nitrogens with zero attached hydrogens (tertiary/aromatic N) is 4. The van der Waals surface area contributed by atoms with Gasteiger partial charge in [0.2, 0.25) is 0 Å². The lowest BCUT2D eigenvalue weighted by Crippen LogP contribution is -2.49. The summed E-state index contributed by atoms with van der Waals surface area (Å²) in [5.74, 6) is 0.995. The molecule has 2 saturated heterocycles. The lowest BCUT2D eigenvalue weighted by Gasteiger charge is -2.35. The predicted molar refractivity (Wildman–Crippen MR) is 92.4 cm³/mol. The largest absolute Gasteiger partial charge is 0.371 e. The van der Waals surface area contributed by atoms with E-state index in [9.17, 15) is 4.79 Å². The van der Waals surface area contributed by atoms with Crippen LogP contribution in [0.4, 0.5) is 5.82 Å². The number of ether oxygens (including phenoxy) is 1. The van der Waals surface area contributed by atoms with E-state index in [0.717, 1.165) is 43.4 Å². The zero-order valence-electron chi connectivity index (χ0n) is 13.4. The molecule has 6 nitrogen and oxygen atoms in total. The minimum Gasteiger partial charge on any atom is -0.371 e. The van der Waals surface area contributed by atoms with Crippen molar-refractivity contribution >= 4 is 23.1 Å². The zero-order valence-corrected chi connectivity index (χ0v) is 14.2. The van der Waals surface area contributed by atoms with Gasteiger partial charge in [-0.15, -0.1) is 11.3 Å². The molecule has 0 aromatic carbocycles. The second kappa shape index (κ2) is 6.86. The van der Waals surface area contributed by atoms with Crippen molar-refractivity contribution in [2.75, 3.05) is 37.7 Å². The number of hydrogen-bond donors (Lipinski definition) is 0. The van der Waals surface area contributed by atoms with Crippen LogP contribution in [0.25, 0.3) is 0 Å². The summed E-state index contributed by atoms with van der Waals surface area (Å²) in [6.45, 7) is 3.78. The number of carbonyl (C=O) groups excluding carboxylic acids is 1. The van der Waals surface area contributed by atoms with Crippen molar-refractivity contribution in [1.82, 2.24) is 14.9 Å². The second-order valence-corrected chi connectivity index (χ2v) is 6.93. The SMILES string of the molecule is O=C(c1csc(C2CCCO2)n1)N1CCN(c2ccccn2)CC1. The molecular formula is C17H20N4O2S. The van der Waals surface area contributed by atoms with Crippen LogP contribution >= 0.6 is 11.3 Å². The van der Waals surface area contributed by atoms with Crippen LogP contribution < -0.4 is 4.90 Å².